The summed E-state index contributed by atoms with van der Waals surface area (Å²) in [5.74, 6) is -0.886. The molecule has 0 aromatic heterocycles. The van der Waals surface area contributed by atoms with Crippen LogP contribution in [0, 0.1) is 0 Å². The van der Waals surface area contributed by atoms with Gasteiger partial charge >= 0.3 is 0 Å². The highest BCUT2D eigenvalue weighted by molar-refractivity contribution is 5.89. The number of carbonyl (C=O) groups excluding carboxylic acids is 3. The van der Waals surface area contributed by atoms with E-state index in [0.29, 0.717) is 19.5 Å². The van der Waals surface area contributed by atoms with Gasteiger partial charge in [0.25, 0.3) is 0 Å². The van der Waals surface area contributed by atoms with E-state index in [9.17, 15) is 14.4 Å². The first-order chi connectivity index (χ1) is 10.5. The normalized spacial score (nSPS) is 17.3. The molecule has 2 N–H and O–H groups in total. The first-order valence-corrected chi connectivity index (χ1v) is 7.37. The molecule has 0 saturated carbocycles. The Hall–Kier alpha value is -2.37. The van der Waals surface area contributed by atoms with Gasteiger partial charge in [0.1, 0.15) is 12.6 Å². The number of amides is 3. The highest BCUT2D eigenvalue weighted by Gasteiger charge is 2.33. The molecule has 0 bridgehead atoms. The summed E-state index contributed by atoms with van der Waals surface area (Å²) in [4.78, 5) is 38.5. The van der Waals surface area contributed by atoms with Gasteiger partial charge in [0.2, 0.25) is 17.7 Å². The lowest BCUT2D eigenvalue weighted by atomic mass is 10.2. The van der Waals surface area contributed by atoms with Crippen molar-refractivity contribution in [3.63, 3.8) is 0 Å². The maximum atomic E-state index is 12.4. The first kappa shape index (κ1) is 16.0. The predicted octanol–water partition coefficient (Wildman–Crippen LogP) is 0.511. The Balaban J connectivity index is 2.03. The molecule has 0 aliphatic carbocycles. The van der Waals surface area contributed by atoms with Crippen LogP contribution in [0.25, 0.3) is 0 Å². The Bertz CT molecular complexity index is 559. The standard InChI is InChI=1S/C16H21N3O3/c1-12(20)18(10-13-6-3-2-4-7-13)11-15(21)19-9-5-8-14(19)16(17)22/h2-4,6-7,14H,5,8-11H2,1H3,(H2,17,22)/t14-/m0/s1. The smallest absolute Gasteiger partial charge is 0.242 e. The topological polar surface area (TPSA) is 83.7 Å². The van der Waals surface area contributed by atoms with Crippen LogP contribution in [-0.2, 0) is 20.9 Å². The quantitative estimate of drug-likeness (QED) is 0.860. The van der Waals surface area contributed by atoms with Gasteiger partial charge in [0, 0.05) is 20.0 Å². The summed E-state index contributed by atoms with van der Waals surface area (Å²) in [7, 11) is 0. The number of hydrogen-bond donors (Lipinski definition) is 1. The maximum Gasteiger partial charge on any atom is 0.242 e. The zero-order valence-electron chi connectivity index (χ0n) is 12.7. The fourth-order valence-corrected chi connectivity index (χ4v) is 2.70. The number of nitrogens with zero attached hydrogens (tertiary/aromatic N) is 2. The van der Waals surface area contributed by atoms with Crippen molar-refractivity contribution in [3.8, 4) is 0 Å². The fourth-order valence-electron chi connectivity index (χ4n) is 2.70. The van der Waals surface area contributed by atoms with E-state index in [0.717, 1.165) is 12.0 Å². The summed E-state index contributed by atoms with van der Waals surface area (Å²) in [5, 5.41) is 0. The number of carbonyl (C=O) groups is 3. The van der Waals surface area contributed by atoms with Crippen LogP contribution in [0.3, 0.4) is 0 Å². The summed E-state index contributed by atoms with van der Waals surface area (Å²) in [6, 6.07) is 8.94. The Morgan fingerprint density at radius 1 is 1.27 bits per heavy atom. The molecule has 1 aromatic carbocycles. The molecule has 118 valence electrons. The van der Waals surface area contributed by atoms with Gasteiger partial charge in [-0.25, -0.2) is 0 Å². The molecule has 6 nitrogen and oxygen atoms in total. The largest absolute Gasteiger partial charge is 0.368 e. The zero-order valence-corrected chi connectivity index (χ0v) is 12.7. The van der Waals surface area contributed by atoms with E-state index in [-0.39, 0.29) is 18.4 Å². The maximum absolute atomic E-state index is 12.4. The van der Waals surface area contributed by atoms with Crippen LogP contribution in [0.5, 0.6) is 0 Å². The summed E-state index contributed by atoms with van der Waals surface area (Å²) >= 11 is 0. The fraction of sp³-hybridized carbons (Fsp3) is 0.438. The van der Waals surface area contributed by atoms with Gasteiger partial charge in [-0.3, -0.25) is 14.4 Å². The lowest BCUT2D eigenvalue weighted by Crippen LogP contribution is -2.48. The van der Waals surface area contributed by atoms with Crippen LogP contribution < -0.4 is 5.73 Å². The molecule has 0 spiro atoms. The highest BCUT2D eigenvalue weighted by Crippen LogP contribution is 2.17. The number of benzene rings is 1. The Morgan fingerprint density at radius 3 is 2.55 bits per heavy atom. The summed E-state index contributed by atoms with van der Waals surface area (Å²) in [6.07, 6.45) is 1.36. The molecule has 1 aromatic rings. The number of rotatable bonds is 5. The zero-order chi connectivity index (χ0) is 16.1. The van der Waals surface area contributed by atoms with E-state index >= 15 is 0 Å². The minimum absolute atomic E-state index is 0.0337. The second-order valence-corrected chi connectivity index (χ2v) is 5.51. The van der Waals surface area contributed by atoms with E-state index in [1.165, 1.54) is 16.7 Å². The average Bonchev–Trinajstić information content (AvgIpc) is 2.97. The van der Waals surface area contributed by atoms with Crippen molar-refractivity contribution in [2.45, 2.75) is 32.4 Å². The Labute approximate surface area is 129 Å². The average molecular weight is 303 g/mol. The minimum atomic E-state index is -0.543. The van der Waals surface area contributed by atoms with Crippen LogP contribution >= 0.6 is 0 Å². The van der Waals surface area contributed by atoms with Crippen LogP contribution in [0.15, 0.2) is 30.3 Å². The van der Waals surface area contributed by atoms with Crippen LogP contribution in [-0.4, -0.2) is 46.7 Å². The molecule has 1 saturated heterocycles. The molecular weight excluding hydrogens is 282 g/mol. The Morgan fingerprint density at radius 2 is 1.95 bits per heavy atom. The third-order valence-electron chi connectivity index (χ3n) is 3.89. The monoisotopic (exact) mass is 303 g/mol. The molecule has 1 fully saturated rings. The van der Waals surface area contributed by atoms with Crippen LogP contribution in [0.1, 0.15) is 25.3 Å². The van der Waals surface area contributed by atoms with Gasteiger partial charge < -0.3 is 15.5 Å². The molecule has 1 heterocycles. The van der Waals surface area contributed by atoms with E-state index < -0.39 is 11.9 Å². The second-order valence-electron chi connectivity index (χ2n) is 5.51. The number of likely N-dealkylation sites (tertiary alicyclic amines) is 1. The number of hydrogen-bond acceptors (Lipinski definition) is 3. The van der Waals surface area contributed by atoms with Crippen LogP contribution in [0.4, 0.5) is 0 Å². The van der Waals surface area contributed by atoms with Gasteiger partial charge in [-0.1, -0.05) is 30.3 Å². The van der Waals surface area contributed by atoms with Gasteiger partial charge in [-0.2, -0.15) is 0 Å². The van der Waals surface area contributed by atoms with E-state index in [4.69, 9.17) is 5.73 Å². The SMILES string of the molecule is CC(=O)N(CC(=O)N1CCC[C@H]1C(N)=O)Cc1ccccc1. The number of nitrogens with two attached hydrogens (primary N) is 1. The highest BCUT2D eigenvalue weighted by atomic mass is 16.2. The summed E-state index contributed by atoms with van der Waals surface area (Å²) in [6.45, 7) is 2.29. The summed E-state index contributed by atoms with van der Waals surface area (Å²) in [5.41, 5.74) is 6.28. The molecule has 6 heteroatoms. The molecule has 1 atom stereocenters. The van der Waals surface area contributed by atoms with Gasteiger partial charge in [0.05, 0.1) is 0 Å². The van der Waals surface area contributed by atoms with E-state index in [2.05, 4.69) is 0 Å². The number of primary amides is 1. The molecule has 0 radical (unpaired) electrons. The molecule has 1 aliphatic heterocycles. The van der Waals surface area contributed by atoms with Crippen molar-refractivity contribution >= 4 is 17.7 Å². The predicted molar refractivity (Wildman–Crippen MR) is 81.5 cm³/mol. The van der Waals surface area contributed by atoms with Crippen molar-refractivity contribution in [2.75, 3.05) is 13.1 Å². The van der Waals surface area contributed by atoms with Crippen molar-refractivity contribution in [1.29, 1.82) is 0 Å². The third kappa shape index (κ3) is 3.84. The second kappa shape index (κ2) is 7.06. The van der Waals surface area contributed by atoms with Crippen molar-refractivity contribution < 1.29 is 14.4 Å². The van der Waals surface area contributed by atoms with Crippen molar-refractivity contribution in [1.82, 2.24) is 9.80 Å². The lowest BCUT2D eigenvalue weighted by Gasteiger charge is -2.27. The molecule has 22 heavy (non-hydrogen) atoms. The Kier molecular flexibility index (Phi) is 5.14. The van der Waals surface area contributed by atoms with E-state index in [1.54, 1.807) is 0 Å². The molecule has 1 aliphatic rings. The minimum Gasteiger partial charge on any atom is -0.368 e. The van der Waals surface area contributed by atoms with Crippen molar-refractivity contribution in [3.05, 3.63) is 35.9 Å². The van der Waals surface area contributed by atoms with E-state index in [1.807, 2.05) is 30.3 Å². The third-order valence-corrected chi connectivity index (χ3v) is 3.89. The van der Waals surface area contributed by atoms with Gasteiger partial charge in [0.15, 0.2) is 0 Å². The molecule has 2 rings (SSSR count). The van der Waals surface area contributed by atoms with Gasteiger partial charge in [-0.15, -0.1) is 0 Å². The first-order valence-electron chi connectivity index (χ1n) is 7.37. The molecular formula is C16H21N3O3. The lowest BCUT2D eigenvalue weighted by molar-refractivity contribution is -0.142. The molecule has 3 amide bonds. The molecule has 0 unspecified atom stereocenters. The van der Waals surface area contributed by atoms with Gasteiger partial charge in [-0.05, 0) is 18.4 Å². The summed E-state index contributed by atoms with van der Waals surface area (Å²) < 4.78 is 0. The van der Waals surface area contributed by atoms with Crippen molar-refractivity contribution in [2.24, 2.45) is 5.73 Å². The van der Waals surface area contributed by atoms with Crippen LogP contribution in [0.2, 0.25) is 0 Å².